The summed E-state index contributed by atoms with van der Waals surface area (Å²) in [6.07, 6.45) is 1.19. The first-order chi connectivity index (χ1) is 17.7. The molecule has 0 aliphatic carbocycles. The average Bonchev–Trinajstić information content (AvgIpc) is 2.90. The minimum absolute atomic E-state index is 0.173. The van der Waals surface area contributed by atoms with Crippen LogP contribution in [-0.4, -0.2) is 70.6 Å². The number of likely N-dealkylation sites (N-methyl/N-ethyl adjacent to an activating group) is 1. The van der Waals surface area contributed by atoms with E-state index in [1.807, 2.05) is 38.1 Å². The van der Waals surface area contributed by atoms with Gasteiger partial charge in [0.05, 0.1) is 19.2 Å². The van der Waals surface area contributed by atoms with Gasteiger partial charge in [0.25, 0.3) is 11.8 Å². The van der Waals surface area contributed by atoms with E-state index in [1.165, 1.54) is 29.2 Å². The molecule has 0 radical (unpaired) electrons. The number of hydrogen-bond acceptors (Lipinski definition) is 5. The maximum absolute atomic E-state index is 13.6. The Hall–Kier alpha value is -3.78. The minimum atomic E-state index is -0.479. The van der Waals surface area contributed by atoms with Crippen LogP contribution in [0, 0.1) is 18.7 Å². The number of aryl methyl sites for hydroxylation is 1. The monoisotopic (exact) mass is 505 g/mol. The maximum atomic E-state index is 13.6. The van der Waals surface area contributed by atoms with Crippen LogP contribution in [0.5, 0.6) is 5.88 Å². The van der Waals surface area contributed by atoms with Crippen LogP contribution in [0.1, 0.15) is 40.1 Å². The molecule has 1 N–H and O–H groups in total. The highest BCUT2D eigenvalue weighted by Gasteiger charge is 2.35. The molecule has 4 rings (SSSR count). The third-order valence-corrected chi connectivity index (χ3v) is 6.80. The van der Waals surface area contributed by atoms with Gasteiger partial charge in [-0.15, -0.1) is 0 Å². The quantitative estimate of drug-likeness (QED) is 0.543. The van der Waals surface area contributed by atoms with Crippen molar-refractivity contribution >= 4 is 11.8 Å². The molecule has 3 atom stereocenters. The van der Waals surface area contributed by atoms with Crippen LogP contribution in [0.2, 0.25) is 0 Å². The number of halogens is 1. The Balaban J connectivity index is 1.67. The number of aliphatic hydroxyl groups excluding tert-OH is 1. The zero-order chi connectivity index (χ0) is 26.7. The summed E-state index contributed by atoms with van der Waals surface area (Å²) in [5, 5.41) is 9.87. The molecule has 37 heavy (non-hydrogen) atoms. The largest absolute Gasteiger partial charge is 0.472 e. The molecule has 1 aliphatic heterocycles. The van der Waals surface area contributed by atoms with Crippen LogP contribution in [-0.2, 0) is 0 Å². The number of carbonyl (C=O) groups excluding carboxylic acids is 2. The zero-order valence-corrected chi connectivity index (χ0v) is 21.5. The normalized spacial score (nSPS) is 18.3. The molecule has 3 aromatic rings. The van der Waals surface area contributed by atoms with Gasteiger partial charge in [0.2, 0.25) is 5.88 Å². The van der Waals surface area contributed by atoms with Gasteiger partial charge in [-0.3, -0.25) is 9.59 Å². The topological polar surface area (TPSA) is 83.0 Å². The van der Waals surface area contributed by atoms with Crippen molar-refractivity contribution in [3.8, 4) is 17.0 Å². The van der Waals surface area contributed by atoms with Crippen molar-refractivity contribution in [2.75, 3.05) is 26.7 Å². The molecule has 7 nitrogen and oxygen atoms in total. The number of rotatable bonds is 6. The van der Waals surface area contributed by atoms with E-state index in [0.29, 0.717) is 17.7 Å². The van der Waals surface area contributed by atoms with E-state index in [0.717, 1.165) is 16.7 Å². The van der Waals surface area contributed by atoms with Gasteiger partial charge < -0.3 is 19.6 Å². The second-order valence-corrected chi connectivity index (χ2v) is 9.76. The van der Waals surface area contributed by atoms with E-state index in [4.69, 9.17) is 4.74 Å². The lowest BCUT2D eigenvalue weighted by molar-refractivity contribution is 0.0313. The van der Waals surface area contributed by atoms with Gasteiger partial charge in [-0.2, -0.15) is 0 Å². The Kier molecular flexibility index (Phi) is 7.88. The molecule has 194 valence electrons. The van der Waals surface area contributed by atoms with Crippen LogP contribution in [0.3, 0.4) is 0 Å². The first kappa shape index (κ1) is 26.3. The summed E-state index contributed by atoms with van der Waals surface area (Å²) in [6.45, 7) is 6.12. The molecule has 2 amide bonds. The molecule has 0 unspecified atom stereocenters. The Labute approximate surface area is 216 Å². The third-order valence-electron chi connectivity index (χ3n) is 6.80. The first-order valence-corrected chi connectivity index (χ1v) is 12.3. The summed E-state index contributed by atoms with van der Waals surface area (Å²) < 4.78 is 19.6. The highest BCUT2D eigenvalue weighted by molar-refractivity contribution is 5.98. The molecule has 8 heteroatoms. The highest BCUT2D eigenvalue weighted by atomic mass is 19.1. The maximum Gasteiger partial charge on any atom is 0.259 e. The van der Waals surface area contributed by atoms with E-state index < -0.39 is 18.0 Å². The predicted molar refractivity (Wildman–Crippen MR) is 139 cm³/mol. The van der Waals surface area contributed by atoms with E-state index in [2.05, 4.69) is 4.98 Å². The van der Waals surface area contributed by atoms with Gasteiger partial charge in [0, 0.05) is 36.8 Å². The lowest BCUT2D eigenvalue weighted by atomic mass is 9.98. The smallest absolute Gasteiger partial charge is 0.259 e. The van der Waals surface area contributed by atoms with E-state index in [9.17, 15) is 19.1 Å². The number of aromatic nitrogens is 1. The fourth-order valence-electron chi connectivity index (χ4n) is 4.39. The Bertz CT molecular complexity index is 1260. The average molecular weight is 506 g/mol. The molecule has 0 fully saturated rings. The number of aliphatic hydroxyl groups is 1. The van der Waals surface area contributed by atoms with Gasteiger partial charge in [0.15, 0.2) is 0 Å². The van der Waals surface area contributed by atoms with Crippen molar-refractivity contribution in [1.82, 2.24) is 14.8 Å². The number of hydrogen-bond donors (Lipinski definition) is 1. The van der Waals surface area contributed by atoms with Gasteiger partial charge in [0.1, 0.15) is 17.5 Å². The fourth-order valence-corrected chi connectivity index (χ4v) is 4.39. The van der Waals surface area contributed by atoms with Crippen molar-refractivity contribution < 1.29 is 23.8 Å². The molecule has 1 aliphatic rings. The Morgan fingerprint density at radius 3 is 2.51 bits per heavy atom. The molecule has 0 bridgehead atoms. The molecule has 0 saturated carbocycles. The van der Waals surface area contributed by atoms with Gasteiger partial charge in [-0.05, 0) is 49.7 Å². The SMILES string of the molecule is Cc1ccc(-c2cnc3c(c2)C(=O)N([C@H](C)CO)C[C@@H](C)[C@H](CN(C)C(=O)c2ccc(F)cc2)O3)cc1. The Morgan fingerprint density at radius 2 is 1.86 bits per heavy atom. The van der Waals surface area contributed by atoms with Crippen LogP contribution in [0.25, 0.3) is 11.1 Å². The molecule has 1 aromatic heterocycles. The molecule has 0 saturated heterocycles. The second kappa shape index (κ2) is 11.1. The second-order valence-electron chi connectivity index (χ2n) is 9.76. The number of amides is 2. The van der Waals surface area contributed by atoms with E-state index >= 15 is 0 Å². The number of nitrogens with zero attached hydrogens (tertiary/aromatic N) is 3. The summed E-state index contributed by atoms with van der Waals surface area (Å²) in [5.41, 5.74) is 3.51. The number of pyridine rings is 1. The number of ether oxygens (including phenoxy) is 1. The number of benzene rings is 2. The van der Waals surface area contributed by atoms with Crippen LogP contribution in [0.4, 0.5) is 4.39 Å². The summed E-state index contributed by atoms with van der Waals surface area (Å²) >= 11 is 0. The van der Waals surface area contributed by atoms with Crippen LogP contribution >= 0.6 is 0 Å². The first-order valence-electron chi connectivity index (χ1n) is 12.3. The van der Waals surface area contributed by atoms with Crippen molar-refractivity contribution in [2.45, 2.75) is 32.9 Å². The van der Waals surface area contributed by atoms with Crippen molar-refractivity contribution in [1.29, 1.82) is 0 Å². The fraction of sp³-hybridized carbons (Fsp3) is 0.345. The summed E-state index contributed by atoms with van der Waals surface area (Å²) in [5.74, 6) is -0.925. The van der Waals surface area contributed by atoms with E-state index in [-0.39, 0.29) is 36.8 Å². The van der Waals surface area contributed by atoms with Crippen LogP contribution < -0.4 is 4.74 Å². The predicted octanol–water partition coefficient (Wildman–Crippen LogP) is 4.19. The highest BCUT2D eigenvalue weighted by Crippen LogP contribution is 2.30. The summed E-state index contributed by atoms with van der Waals surface area (Å²) in [6, 6.07) is 14.7. The van der Waals surface area contributed by atoms with Crippen molar-refractivity contribution in [3.05, 3.63) is 83.3 Å². The lowest BCUT2D eigenvalue weighted by Gasteiger charge is -2.37. The third kappa shape index (κ3) is 5.80. The number of fused-ring (bicyclic) bond motifs is 1. The Morgan fingerprint density at radius 1 is 1.19 bits per heavy atom. The molecular formula is C29H32FN3O4. The number of carbonyl (C=O) groups is 2. The zero-order valence-electron chi connectivity index (χ0n) is 21.5. The van der Waals surface area contributed by atoms with Crippen molar-refractivity contribution in [3.63, 3.8) is 0 Å². The lowest BCUT2D eigenvalue weighted by Crippen LogP contribution is -2.50. The standard InChI is InChI=1S/C29H32FN3O4/c1-18-5-7-21(8-6-18)23-13-25-27(31-14-23)37-26(19(2)15-33(29(25)36)20(3)17-34)16-32(4)28(35)22-9-11-24(30)12-10-22/h5-14,19-20,26,34H,15-17H2,1-4H3/t19-,20-,26+/m1/s1. The van der Waals surface area contributed by atoms with Crippen molar-refractivity contribution in [2.24, 2.45) is 5.92 Å². The summed E-state index contributed by atoms with van der Waals surface area (Å²) in [4.78, 5) is 34.3. The molecular weight excluding hydrogens is 473 g/mol. The van der Waals surface area contributed by atoms with Crippen LogP contribution in [0.15, 0.2) is 60.8 Å². The summed E-state index contributed by atoms with van der Waals surface area (Å²) in [7, 11) is 1.66. The van der Waals surface area contributed by atoms with Gasteiger partial charge >= 0.3 is 0 Å². The van der Waals surface area contributed by atoms with Gasteiger partial charge in [-0.25, -0.2) is 9.37 Å². The molecule has 0 spiro atoms. The molecule has 2 aromatic carbocycles. The molecule has 2 heterocycles. The minimum Gasteiger partial charge on any atom is -0.472 e. The van der Waals surface area contributed by atoms with Gasteiger partial charge in [-0.1, -0.05) is 36.8 Å². The van der Waals surface area contributed by atoms with E-state index in [1.54, 1.807) is 31.1 Å².